The topological polar surface area (TPSA) is 97.2 Å². The second-order valence-corrected chi connectivity index (χ2v) is 8.77. The van der Waals surface area contributed by atoms with E-state index in [1.807, 2.05) is 54.6 Å². The van der Waals surface area contributed by atoms with E-state index in [0.717, 1.165) is 34.9 Å². The fraction of sp³-hybridized carbons (Fsp3) is 0.129. The van der Waals surface area contributed by atoms with Gasteiger partial charge < -0.3 is 20.0 Å². The molecule has 0 aliphatic carbocycles. The molecular formula is C31H25F3N2O5. The van der Waals surface area contributed by atoms with Gasteiger partial charge in [-0.1, -0.05) is 71.9 Å². The maximum Gasteiger partial charge on any atom is 0.417 e. The van der Waals surface area contributed by atoms with E-state index in [-0.39, 0.29) is 30.2 Å². The molecule has 0 aromatic heterocycles. The summed E-state index contributed by atoms with van der Waals surface area (Å²) in [5.41, 5.74) is 0.811. The quantitative estimate of drug-likeness (QED) is 0.115. The lowest BCUT2D eigenvalue weighted by molar-refractivity contribution is -0.137. The average Bonchev–Trinajstić information content (AvgIpc) is 2.97. The molecule has 0 unspecified atom stereocenters. The van der Waals surface area contributed by atoms with Gasteiger partial charge in [-0.15, -0.1) is 0 Å². The van der Waals surface area contributed by atoms with Crippen LogP contribution in [-0.4, -0.2) is 36.4 Å². The lowest BCUT2D eigenvalue weighted by Gasteiger charge is -2.15. The van der Waals surface area contributed by atoms with E-state index in [2.05, 4.69) is 10.5 Å². The maximum absolute atomic E-state index is 13.3. The van der Waals surface area contributed by atoms with Crippen molar-refractivity contribution >= 4 is 23.8 Å². The molecule has 0 fully saturated rings. The highest BCUT2D eigenvalue weighted by Crippen LogP contribution is 2.32. The summed E-state index contributed by atoms with van der Waals surface area (Å²) < 4.78 is 45.6. The van der Waals surface area contributed by atoms with E-state index in [9.17, 15) is 27.9 Å². The van der Waals surface area contributed by atoms with Gasteiger partial charge in [0, 0.05) is 12.5 Å². The van der Waals surface area contributed by atoms with Gasteiger partial charge in [0.05, 0.1) is 35.2 Å². The lowest BCUT2D eigenvalue weighted by Crippen LogP contribution is -2.20. The van der Waals surface area contributed by atoms with E-state index in [4.69, 9.17) is 9.57 Å². The van der Waals surface area contributed by atoms with Gasteiger partial charge in [0.1, 0.15) is 12.4 Å². The van der Waals surface area contributed by atoms with Crippen molar-refractivity contribution in [2.45, 2.75) is 12.6 Å². The number of amides is 1. The van der Waals surface area contributed by atoms with Crippen molar-refractivity contribution in [3.63, 3.8) is 0 Å². The number of aromatic carboxylic acids is 1. The Kier molecular flexibility index (Phi) is 9.36. The van der Waals surface area contributed by atoms with Crippen LogP contribution in [0.5, 0.6) is 5.75 Å². The van der Waals surface area contributed by atoms with Crippen molar-refractivity contribution in [1.29, 1.82) is 0 Å². The Hall–Kier alpha value is -5.12. The first kappa shape index (κ1) is 28.9. The predicted molar refractivity (Wildman–Crippen MR) is 148 cm³/mol. The lowest BCUT2D eigenvalue weighted by atomic mass is 10.0. The van der Waals surface area contributed by atoms with Crippen LogP contribution in [0.1, 0.15) is 38.3 Å². The highest BCUT2D eigenvalue weighted by molar-refractivity contribution is 6.08. The minimum atomic E-state index is -4.76. The summed E-state index contributed by atoms with van der Waals surface area (Å²) in [4.78, 5) is 29.5. The highest BCUT2D eigenvalue weighted by Gasteiger charge is 2.35. The number of benzene rings is 4. The van der Waals surface area contributed by atoms with Crippen LogP contribution in [0.15, 0.2) is 102 Å². The van der Waals surface area contributed by atoms with Gasteiger partial charge >= 0.3 is 12.1 Å². The Labute approximate surface area is 233 Å². The zero-order valence-electron chi connectivity index (χ0n) is 21.6. The number of carbonyl (C=O) groups excluding carboxylic acids is 1. The number of nitrogens with zero attached hydrogens (tertiary/aromatic N) is 1. The molecule has 7 nitrogen and oxygen atoms in total. The molecule has 0 radical (unpaired) electrons. The molecule has 0 saturated carbocycles. The molecular weight excluding hydrogens is 537 g/mol. The van der Waals surface area contributed by atoms with Gasteiger partial charge in [-0.05, 0) is 41.0 Å². The molecule has 1 amide bonds. The Bertz CT molecular complexity index is 1520. The van der Waals surface area contributed by atoms with Crippen LogP contribution < -0.4 is 10.1 Å². The summed E-state index contributed by atoms with van der Waals surface area (Å²) >= 11 is 0. The highest BCUT2D eigenvalue weighted by atomic mass is 19.4. The molecule has 41 heavy (non-hydrogen) atoms. The second-order valence-electron chi connectivity index (χ2n) is 8.77. The molecule has 10 heteroatoms. The van der Waals surface area contributed by atoms with E-state index in [1.54, 1.807) is 6.21 Å². The number of anilines is 1. The largest absolute Gasteiger partial charge is 0.493 e. The molecule has 0 saturated heterocycles. The summed E-state index contributed by atoms with van der Waals surface area (Å²) in [6.45, 7) is 0.418. The van der Waals surface area contributed by atoms with Crippen molar-refractivity contribution in [2.75, 3.05) is 18.5 Å². The number of hydrogen-bond donors (Lipinski definition) is 2. The predicted octanol–water partition coefficient (Wildman–Crippen LogP) is 7.14. The van der Waals surface area contributed by atoms with Crippen LogP contribution in [-0.2, 0) is 11.0 Å². The van der Waals surface area contributed by atoms with Gasteiger partial charge in [-0.3, -0.25) is 4.79 Å². The Morgan fingerprint density at radius 2 is 1.51 bits per heavy atom. The number of carbonyl (C=O) groups is 2. The summed E-state index contributed by atoms with van der Waals surface area (Å²) in [6.07, 6.45) is -2.73. The number of carboxylic acid groups (broad SMARTS) is 1. The zero-order valence-corrected chi connectivity index (χ0v) is 21.6. The van der Waals surface area contributed by atoms with Crippen molar-refractivity contribution in [2.24, 2.45) is 5.16 Å². The molecule has 2 N–H and O–H groups in total. The minimum absolute atomic E-state index is 0.179. The Morgan fingerprint density at radius 1 is 0.829 bits per heavy atom. The van der Waals surface area contributed by atoms with Crippen molar-refractivity contribution in [1.82, 2.24) is 0 Å². The van der Waals surface area contributed by atoms with Gasteiger partial charge in [-0.25, -0.2) is 4.79 Å². The standard InChI is InChI=1S/C31H25F3N2O5/c32-31(33,34)27-10-5-4-9-25(27)29(37)36-28-19-24(15-16-26(28)30(38)39)40-17-6-18-41-35-20-21-11-13-23(14-12-21)22-7-2-1-3-8-22/h1-5,7-16,19-20H,6,17-18H2,(H,36,37)(H,38,39). The smallest absolute Gasteiger partial charge is 0.417 e. The van der Waals surface area contributed by atoms with Crippen molar-refractivity contribution in [3.05, 3.63) is 119 Å². The molecule has 4 aromatic rings. The number of carboxylic acids is 1. The van der Waals surface area contributed by atoms with E-state index < -0.39 is 29.2 Å². The summed E-state index contributed by atoms with van der Waals surface area (Å²) in [7, 11) is 0. The van der Waals surface area contributed by atoms with Crippen molar-refractivity contribution in [3.8, 4) is 16.9 Å². The molecule has 0 bridgehead atoms. The van der Waals surface area contributed by atoms with Crippen molar-refractivity contribution < 1.29 is 37.4 Å². The van der Waals surface area contributed by atoms with Gasteiger partial charge in [0.2, 0.25) is 0 Å². The first-order chi connectivity index (χ1) is 19.7. The van der Waals surface area contributed by atoms with Gasteiger partial charge in [0.25, 0.3) is 5.91 Å². The number of hydrogen-bond acceptors (Lipinski definition) is 5. The molecule has 0 spiro atoms. The SMILES string of the molecule is O=C(O)c1ccc(OCCCON=Cc2ccc(-c3ccccc3)cc2)cc1NC(=O)c1ccccc1C(F)(F)F. The third-order valence-electron chi connectivity index (χ3n) is 5.89. The third kappa shape index (κ3) is 7.95. The molecule has 0 heterocycles. The number of alkyl halides is 3. The molecule has 4 aromatic carbocycles. The number of ether oxygens (including phenoxy) is 1. The molecule has 4 rings (SSSR count). The number of nitrogens with one attached hydrogen (secondary N) is 1. The maximum atomic E-state index is 13.3. The van der Waals surface area contributed by atoms with Crippen LogP contribution in [0.25, 0.3) is 11.1 Å². The Morgan fingerprint density at radius 3 is 2.22 bits per heavy atom. The first-order valence-electron chi connectivity index (χ1n) is 12.5. The number of halogens is 3. The molecule has 0 atom stereocenters. The van der Waals surface area contributed by atoms with E-state index in [0.29, 0.717) is 6.42 Å². The number of rotatable bonds is 11. The zero-order chi connectivity index (χ0) is 29.2. The van der Waals surface area contributed by atoms with Crippen LogP contribution in [0, 0.1) is 0 Å². The number of oxime groups is 1. The van der Waals surface area contributed by atoms with E-state index in [1.165, 1.54) is 24.3 Å². The normalized spacial score (nSPS) is 11.3. The van der Waals surface area contributed by atoms with E-state index >= 15 is 0 Å². The second kappa shape index (κ2) is 13.3. The van der Waals surface area contributed by atoms with Crippen LogP contribution >= 0.6 is 0 Å². The van der Waals surface area contributed by atoms with Crippen LogP contribution in [0.3, 0.4) is 0 Å². The van der Waals surface area contributed by atoms with Crippen LogP contribution in [0.4, 0.5) is 18.9 Å². The summed E-state index contributed by atoms with van der Waals surface area (Å²) in [5, 5.41) is 15.7. The Balaban J connectivity index is 1.29. The average molecular weight is 563 g/mol. The summed E-state index contributed by atoms with van der Waals surface area (Å²) in [5.74, 6) is -2.24. The fourth-order valence-electron chi connectivity index (χ4n) is 3.88. The third-order valence-corrected chi connectivity index (χ3v) is 5.89. The van der Waals surface area contributed by atoms with Gasteiger partial charge in [0.15, 0.2) is 0 Å². The molecule has 0 aliphatic rings. The van der Waals surface area contributed by atoms with Gasteiger partial charge in [-0.2, -0.15) is 13.2 Å². The molecule has 0 aliphatic heterocycles. The minimum Gasteiger partial charge on any atom is -0.493 e. The monoisotopic (exact) mass is 562 g/mol. The molecule has 210 valence electrons. The van der Waals surface area contributed by atoms with Crippen LogP contribution in [0.2, 0.25) is 0 Å². The first-order valence-corrected chi connectivity index (χ1v) is 12.5. The fourth-order valence-corrected chi connectivity index (χ4v) is 3.88. The summed E-state index contributed by atoms with van der Waals surface area (Å²) in [6, 6.07) is 25.9.